The van der Waals surface area contributed by atoms with Crippen LogP contribution in [-0.2, 0) is 0 Å². The van der Waals surface area contributed by atoms with Crippen molar-refractivity contribution in [3.05, 3.63) is 60.2 Å². The fraction of sp³-hybridized carbons (Fsp3) is 0.100. The molecule has 6 N–H and O–H groups in total. The van der Waals surface area contributed by atoms with E-state index >= 15 is 0 Å². The van der Waals surface area contributed by atoms with Gasteiger partial charge in [-0.1, -0.05) is 30.7 Å². The topological polar surface area (TPSA) is 129 Å². The molecule has 0 radical (unpaired) electrons. The molecule has 0 fully saturated rings. The number of nitrogens with two attached hydrogens (primary N) is 2. The second kappa shape index (κ2) is 9.78. The van der Waals surface area contributed by atoms with Crippen LogP contribution in [-0.4, -0.2) is 25.0 Å². The number of amides is 2. The molecule has 0 saturated heterocycles. The van der Waals surface area contributed by atoms with Crippen LogP contribution in [0, 0.1) is 12.3 Å². The van der Waals surface area contributed by atoms with Crippen LogP contribution < -0.4 is 32.0 Å². The lowest BCUT2D eigenvalue weighted by Crippen LogP contribution is -2.30. The molecule has 0 atom stereocenters. The molecule has 144 valence electrons. The van der Waals surface area contributed by atoms with Crippen molar-refractivity contribution in [2.75, 3.05) is 13.2 Å². The fourth-order valence-corrected chi connectivity index (χ4v) is 2.44. The first kappa shape index (κ1) is 20.5. The highest BCUT2D eigenvalue weighted by atomic mass is 16.5. The Morgan fingerprint density at radius 3 is 1.93 bits per heavy atom. The Morgan fingerprint density at radius 1 is 1.00 bits per heavy atom. The van der Waals surface area contributed by atoms with Crippen molar-refractivity contribution in [2.45, 2.75) is 0 Å². The molecule has 0 unspecified atom stereocenters. The van der Waals surface area contributed by atoms with Gasteiger partial charge in [-0.05, 0) is 35.4 Å². The molecule has 8 nitrogen and oxygen atoms in total. The van der Waals surface area contributed by atoms with E-state index in [4.69, 9.17) is 27.6 Å². The molecule has 0 aromatic heterocycles. The lowest BCUT2D eigenvalue weighted by atomic mass is 10.0. The largest absolute Gasteiger partial charge is 0.489 e. The average molecular weight is 380 g/mol. The van der Waals surface area contributed by atoms with Gasteiger partial charge < -0.3 is 9.47 Å². The third-order valence-electron chi connectivity index (χ3n) is 3.72. The highest BCUT2D eigenvalue weighted by molar-refractivity contribution is 5.98. The Bertz CT molecular complexity index is 934. The Labute approximate surface area is 162 Å². The van der Waals surface area contributed by atoms with Crippen molar-refractivity contribution in [3.8, 4) is 35.0 Å². The third-order valence-corrected chi connectivity index (χ3v) is 3.72. The summed E-state index contributed by atoms with van der Waals surface area (Å²) in [5.74, 6) is 12.4. The van der Waals surface area contributed by atoms with Gasteiger partial charge in [0, 0.05) is 0 Å². The Balaban J connectivity index is 2.50. The highest BCUT2D eigenvalue weighted by Crippen LogP contribution is 2.31. The number of rotatable bonds is 8. The Morgan fingerprint density at radius 2 is 1.50 bits per heavy atom. The predicted molar refractivity (Wildman–Crippen MR) is 105 cm³/mol. The first-order chi connectivity index (χ1) is 13.5. The van der Waals surface area contributed by atoms with E-state index in [1.54, 1.807) is 42.5 Å². The number of nitrogens with one attached hydrogen (secondary N) is 2. The quantitative estimate of drug-likeness (QED) is 0.179. The summed E-state index contributed by atoms with van der Waals surface area (Å²) in [6, 6.07) is 9.90. The van der Waals surface area contributed by atoms with Gasteiger partial charge in [0.15, 0.2) is 0 Å². The van der Waals surface area contributed by atoms with E-state index < -0.39 is 11.8 Å². The molecule has 0 aliphatic carbocycles. The van der Waals surface area contributed by atoms with Gasteiger partial charge in [-0.3, -0.25) is 20.4 Å². The van der Waals surface area contributed by atoms with Crippen LogP contribution in [0.25, 0.3) is 11.1 Å². The average Bonchev–Trinajstić information content (AvgIpc) is 2.74. The Kier molecular flexibility index (Phi) is 7.16. The van der Waals surface area contributed by atoms with Crippen molar-refractivity contribution in [3.63, 3.8) is 0 Å². The Hall–Kier alpha value is -3.80. The first-order valence-electron chi connectivity index (χ1n) is 8.16. The smallest absolute Gasteiger partial charge is 0.268 e. The van der Waals surface area contributed by atoms with E-state index in [0.717, 1.165) is 5.56 Å². The molecule has 2 amide bonds. The first-order valence-corrected chi connectivity index (χ1v) is 8.16. The molecule has 0 heterocycles. The summed E-state index contributed by atoms with van der Waals surface area (Å²) in [5.41, 5.74) is 6.08. The minimum absolute atomic E-state index is 0.0163. The SMILES string of the molecule is C#CCOc1cc(-c2ccc(C(=O)NN)c(OCC=C)c2)ccc1C(=O)NN. The summed E-state index contributed by atoms with van der Waals surface area (Å²) in [5, 5.41) is 0. The van der Waals surface area contributed by atoms with E-state index in [9.17, 15) is 9.59 Å². The molecule has 2 aromatic carbocycles. The molecule has 0 spiro atoms. The van der Waals surface area contributed by atoms with Gasteiger partial charge in [-0.2, -0.15) is 0 Å². The van der Waals surface area contributed by atoms with Crippen LogP contribution in [0.1, 0.15) is 20.7 Å². The summed E-state index contributed by atoms with van der Waals surface area (Å²) < 4.78 is 11.0. The van der Waals surface area contributed by atoms with Crippen molar-refractivity contribution >= 4 is 11.8 Å². The van der Waals surface area contributed by atoms with E-state index in [1.807, 2.05) is 0 Å². The van der Waals surface area contributed by atoms with Crippen LogP contribution in [0.15, 0.2) is 49.1 Å². The number of ether oxygens (including phenoxy) is 2. The van der Waals surface area contributed by atoms with Crippen LogP contribution in [0.2, 0.25) is 0 Å². The van der Waals surface area contributed by atoms with Crippen LogP contribution >= 0.6 is 0 Å². The van der Waals surface area contributed by atoms with Crippen molar-refractivity contribution < 1.29 is 19.1 Å². The molecule has 2 rings (SSSR count). The summed E-state index contributed by atoms with van der Waals surface area (Å²) >= 11 is 0. The molecule has 0 bridgehead atoms. The minimum Gasteiger partial charge on any atom is -0.489 e. The molecule has 2 aromatic rings. The number of carbonyl (C=O) groups excluding carboxylic acids is 2. The van der Waals surface area contributed by atoms with Gasteiger partial charge in [-0.15, -0.1) is 6.42 Å². The second-order valence-corrected chi connectivity index (χ2v) is 5.46. The lowest BCUT2D eigenvalue weighted by molar-refractivity contribution is 0.0942. The van der Waals surface area contributed by atoms with Gasteiger partial charge in [0.05, 0.1) is 11.1 Å². The number of carbonyl (C=O) groups is 2. The van der Waals surface area contributed by atoms with Crippen LogP contribution in [0.4, 0.5) is 0 Å². The van der Waals surface area contributed by atoms with Crippen molar-refractivity contribution in [1.29, 1.82) is 0 Å². The number of hydrazine groups is 2. The fourth-order valence-electron chi connectivity index (χ4n) is 2.44. The number of benzene rings is 2. The maximum Gasteiger partial charge on any atom is 0.268 e. The standard InChI is InChI=1S/C20H20N4O4/c1-3-9-27-17-11-13(5-7-15(17)19(25)23-21)14-6-8-16(20(26)24-22)18(12-14)28-10-4-2/h1,4-8,11-12H,2,9-10,21-22H2,(H,23,25)(H,24,26). The van der Waals surface area contributed by atoms with Crippen LogP contribution in [0.5, 0.6) is 11.5 Å². The van der Waals surface area contributed by atoms with E-state index in [1.165, 1.54) is 0 Å². The van der Waals surface area contributed by atoms with Gasteiger partial charge in [0.1, 0.15) is 24.7 Å². The summed E-state index contributed by atoms with van der Waals surface area (Å²) in [6.45, 7) is 3.79. The van der Waals surface area contributed by atoms with Gasteiger partial charge in [-0.25, -0.2) is 11.7 Å². The predicted octanol–water partition coefficient (Wildman–Crippen LogP) is 1.14. The highest BCUT2D eigenvalue weighted by Gasteiger charge is 2.16. The number of nitrogen functional groups attached to an aromatic ring is 2. The zero-order valence-corrected chi connectivity index (χ0v) is 15.0. The maximum atomic E-state index is 11.9. The monoisotopic (exact) mass is 380 g/mol. The van der Waals surface area contributed by atoms with E-state index in [2.05, 4.69) is 23.4 Å². The molecular formula is C20H20N4O4. The van der Waals surface area contributed by atoms with E-state index in [-0.39, 0.29) is 30.1 Å². The molecule has 0 saturated carbocycles. The van der Waals surface area contributed by atoms with Gasteiger partial charge in [0.25, 0.3) is 11.8 Å². The normalized spacial score (nSPS) is 9.75. The van der Waals surface area contributed by atoms with E-state index in [0.29, 0.717) is 11.3 Å². The van der Waals surface area contributed by atoms with Crippen molar-refractivity contribution in [2.24, 2.45) is 11.7 Å². The molecule has 0 aliphatic rings. The zero-order chi connectivity index (χ0) is 20.5. The van der Waals surface area contributed by atoms with Crippen molar-refractivity contribution in [1.82, 2.24) is 10.9 Å². The number of terminal acetylenes is 1. The summed E-state index contributed by atoms with van der Waals surface area (Å²) in [6.07, 6.45) is 6.79. The second-order valence-electron chi connectivity index (χ2n) is 5.46. The molecule has 8 heteroatoms. The third kappa shape index (κ3) is 4.67. The number of hydrogen-bond donors (Lipinski definition) is 4. The summed E-state index contributed by atoms with van der Waals surface area (Å²) in [7, 11) is 0. The molecule has 0 aliphatic heterocycles. The molecule has 28 heavy (non-hydrogen) atoms. The van der Waals surface area contributed by atoms with Gasteiger partial charge in [0.2, 0.25) is 0 Å². The molecular weight excluding hydrogens is 360 g/mol. The maximum absolute atomic E-state index is 11.9. The zero-order valence-electron chi connectivity index (χ0n) is 15.0. The lowest BCUT2D eigenvalue weighted by Gasteiger charge is -2.14. The van der Waals surface area contributed by atoms with Crippen LogP contribution in [0.3, 0.4) is 0 Å². The van der Waals surface area contributed by atoms with Gasteiger partial charge >= 0.3 is 0 Å². The number of hydrogen-bond acceptors (Lipinski definition) is 6. The minimum atomic E-state index is -0.511. The summed E-state index contributed by atoms with van der Waals surface area (Å²) in [4.78, 5) is 23.9.